The molecular weight excluding hydrogens is 188 g/mol. The predicted octanol–water partition coefficient (Wildman–Crippen LogP) is 3.14. The van der Waals surface area contributed by atoms with Gasteiger partial charge in [-0.2, -0.15) is 0 Å². The maximum atomic E-state index is 9.13. The minimum atomic E-state index is 0.251. The van der Waals surface area contributed by atoms with E-state index in [1.165, 1.54) is 12.0 Å². The van der Waals surface area contributed by atoms with Crippen LogP contribution in [-0.4, -0.2) is 17.8 Å². The topological polar surface area (TPSA) is 29.5 Å². The van der Waals surface area contributed by atoms with E-state index in [0.717, 1.165) is 19.4 Å². The van der Waals surface area contributed by atoms with Crippen molar-refractivity contribution in [1.82, 2.24) is 0 Å². The standard InChI is InChI=1S/C13H20O2/c1-3-4-9-15-11(2)10-12-5-7-13(14)8-6-12/h5-8,11,14H,3-4,9-10H2,1-2H3. The van der Waals surface area contributed by atoms with Crippen LogP contribution in [0.1, 0.15) is 32.3 Å². The Hall–Kier alpha value is -1.02. The van der Waals surface area contributed by atoms with E-state index < -0.39 is 0 Å². The summed E-state index contributed by atoms with van der Waals surface area (Å²) in [4.78, 5) is 0. The molecule has 0 aliphatic carbocycles. The minimum absolute atomic E-state index is 0.251. The van der Waals surface area contributed by atoms with Crippen molar-refractivity contribution in [3.63, 3.8) is 0 Å². The summed E-state index contributed by atoms with van der Waals surface area (Å²) >= 11 is 0. The molecule has 1 atom stereocenters. The van der Waals surface area contributed by atoms with Crippen molar-refractivity contribution >= 4 is 0 Å². The van der Waals surface area contributed by atoms with Crippen LogP contribution in [0.25, 0.3) is 0 Å². The van der Waals surface area contributed by atoms with Crippen LogP contribution in [0.5, 0.6) is 5.75 Å². The summed E-state index contributed by atoms with van der Waals surface area (Å²) in [5.74, 6) is 0.318. The quantitative estimate of drug-likeness (QED) is 0.728. The Bertz CT molecular complexity index is 266. The normalized spacial score (nSPS) is 12.7. The third-order valence-corrected chi connectivity index (χ3v) is 2.36. The fraction of sp³-hybridized carbons (Fsp3) is 0.538. The predicted molar refractivity (Wildman–Crippen MR) is 62.1 cm³/mol. The molecule has 15 heavy (non-hydrogen) atoms. The lowest BCUT2D eigenvalue weighted by atomic mass is 10.1. The molecule has 2 heteroatoms. The van der Waals surface area contributed by atoms with Gasteiger partial charge in [0, 0.05) is 6.61 Å². The Balaban J connectivity index is 2.31. The van der Waals surface area contributed by atoms with E-state index in [2.05, 4.69) is 13.8 Å². The largest absolute Gasteiger partial charge is 0.508 e. The lowest BCUT2D eigenvalue weighted by Gasteiger charge is -2.12. The van der Waals surface area contributed by atoms with Crippen LogP contribution in [0.15, 0.2) is 24.3 Å². The number of rotatable bonds is 6. The number of ether oxygens (including phenoxy) is 1. The first-order chi connectivity index (χ1) is 7.22. The lowest BCUT2D eigenvalue weighted by Crippen LogP contribution is -2.12. The zero-order valence-corrected chi connectivity index (χ0v) is 9.57. The summed E-state index contributed by atoms with van der Waals surface area (Å²) in [6, 6.07) is 7.31. The summed E-state index contributed by atoms with van der Waals surface area (Å²) in [6.07, 6.45) is 3.46. The second kappa shape index (κ2) is 6.46. The molecule has 1 aromatic carbocycles. The molecule has 1 rings (SSSR count). The number of aromatic hydroxyl groups is 1. The highest BCUT2D eigenvalue weighted by Gasteiger charge is 2.03. The van der Waals surface area contributed by atoms with E-state index >= 15 is 0 Å². The van der Waals surface area contributed by atoms with Crippen LogP contribution in [0, 0.1) is 0 Å². The first-order valence-corrected chi connectivity index (χ1v) is 5.62. The summed E-state index contributed by atoms with van der Waals surface area (Å²) in [6.45, 7) is 5.09. The Kier molecular flexibility index (Phi) is 5.19. The summed E-state index contributed by atoms with van der Waals surface area (Å²) < 4.78 is 5.65. The smallest absolute Gasteiger partial charge is 0.115 e. The number of hydrogen-bond acceptors (Lipinski definition) is 2. The lowest BCUT2D eigenvalue weighted by molar-refractivity contribution is 0.0644. The molecule has 0 amide bonds. The van der Waals surface area contributed by atoms with Crippen LogP contribution in [0.4, 0.5) is 0 Å². The van der Waals surface area contributed by atoms with Gasteiger partial charge >= 0.3 is 0 Å². The monoisotopic (exact) mass is 208 g/mol. The molecule has 1 N–H and O–H groups in total. The third kappa shape index (κ3) is 4.84. The molecule has 0 heterocycles. The third-order valence-electron chi connectivity index (χ3n) is 2.36. The molecule has 0 spiro atoms. The molecule has 0 saturated heterocycles. The fourth-order valence-electron chi connectivity index (χ4n) is 1.45. The minimum Gasteiger partial charge on any atom is -0.508 e. The molecule has 2 nitrogen and oxygen atoms in total. The van der Waals surface area contributed by atoms with Crippen molar-refractivity contribution < 1.29 is 9.84 Å². The fourth-order valence-corrected chi connectivity index (χ4v) is 1.45. The Morgan fingerprint density at radius 3 is 2.53 bits per heavy atom. The summed E-state index contributed by atoms with van der Waals surface area (Å²) in [5.41, 5.74) is 1.21. The highest BCUT2D eigenvalue weighted by molar-refractivity contribution is 5.26. The van der Waals surface area contributed by atoms with E-state index in [1.807, 2.05) is 12.1 Å². The van der Waals surface area contributed by atoms with Gasteiger partial charge in [-0.3, -0.25) is 0 Å². The van der Waals surface area contributed by atoms with Crippen LogP contribution >= 0.6 is 0 Å². The number of benzene rings is 1. The molecule has 0 aliphatic rings. The Morgan fingerprint density at radius 2 is 1.93 bits per heavy atom. The van der Waals surface area contributed by atoms with Gasteiger partial charge in [0.15, 0.2) is 0 Å². The summed E-state index contributed by atoms with van der Waals surface area (Å²) in [5, 5.41) is 9.13. The molecule has 0 radical (unpaired) electrons. The van der Waals surface area contributed by atoms with Gasteiger partial charge in [0.1, 0.15) is 5.75 Å². The summed E-state index contributed by atoms with van der Waals surface area (Å²) in [7, 11) is 0. The second-order valence-electron chi connectivity index (χ2n) is 3.91. The zero-order chi connectivity index (χ0) is 11.1. The van der Waals surface area contributed by atoms with Gasteiger partial charge in [-0.1, -0.05) is 25.5 Å². The first-order valence-electron chi connectivity index (χ1n) is 5.62. The van der Waals surface area contributed by atoms with Crippen LogP contribution in [0.3, 0.4) is 0 Å². The number of hydrogen-bond donors (Lipinski definition) is 1. The Morgan fingerprint density at radius 1 is 1.27 bits per heavy atom. The molecule has 0 saturated carbocycles. The van der Waals surface area contributed by atoms with E-state index in [-0.39, 0.29) is 6.10 Å². The van der Waals surface area contributed by atoms with Crippen LogP contribution in [0.2, 0.25) is 0 Å². The maximum Gasteiger partial charge on any atom is 0.115 e. The van der Waals surface area contributed by atoms with Gasteiger partial charge in [-0.05, 0) is 37.5 Å². The molecule has 0 aromatic heterocycles. The van der Waals surface area contributed by atoms with E-state index in [0.29, 0.717) is 5.75 Å². The van der Waals surface area contributed by atoms with Gasteiger partial charge in [0.05, 0.1) is 6.10 Å². The van der Waals surface area contributed by atoms with Crippen molar-refractivity contribution in [3.05, 3.63) is 29.8 Å². The van der Waals surface area contributed by atoms with Gasteiger partial charge < -0.3 is 9.84 Å². The van der Waals surface area contributed by atoms with E-state index in [9.17, 15) is 0 Å². The highest BCUT2D eigenvalue weighted by Crippen LogP contribution is 2.12. The van der Waals surface area contributed by atoms with Crippen molar-refractivity contribution in [3.8, 4) is 5.75 Å². The van der Waals surface area contributed by atoms with Gasteiger partial charge in [-0.15, -0.1) is 0 Å². The van der Waals surface area contributed by atoms with Crippen molar-refractivity contribution in [2.24, 2.45) is 0 Å². The molecular formula is C13H20O2. The molecule has 0 fully saturated rings. The number of phenols is 1. The van der Waals surface area contributed by atoms with Gasteiger partial charge in [0.2, 0.25) is 0 Å². The molecule has 1 aromatic rings. The zero-order valence-electron chi connectivity index (χ0n) is 9.57. The molecule has 1 unspecified atom stereocenters. The van der Waals surface area contributed by atoms with E-state index in [1.54, 1.807) is 12.1 Å². The van der Waals surface area contributed by atoms with Crippen LogP contribution < -0.4 is 0 Å². The average molecular weight is 208 g/mol. The van der Waals surface area contributed by atoms with Crippen LogP contribution in [-0.2, 0) is 11.2 Å². The first kappa shape index (κ1) is 12.1. The van der Waals surface area contributed by atoms with E-state index in [4.69, 9.17) is 9.84 Å². The van der Waals surface area contributed by atoms with Gasteiger partial charge in [-0.25, -0.2) is 0 Å². The van der Waals surface area contributed by atoms with Crippen molar-refractivity contribution in [2.75, 3.05) is 6.61 Å². The van der Waals surface area contributed by atoms with Crippen molar-refractivity contribution in [1.29, 1.82) is 0 Å². The maximum absolute atomic E-state index is 9.13. The number of phenolic OH excluding ortho intramolecular Hbond substituents is 1. The average Bonchev–Trinajstić information content (AvgIpc) is 2.22. The molecule has 0 aliphatic heterocycles. The highest BCUT2D eigenvalue weighted by atomic mass is 16.5. The SMILES string of the molecule is CCCCOC(C)Cc1ccc(O)cc1. The van der Waals surface area contributed by atoms with Crippen molar-refractivity contribution in [2.45, 2.75) is 39.2 Å². The second-order valence-corrected chi connectivity index (χ2v) is 3.91. The Labute approximate surface area is 91.9 Å². The molecule has 0 bridgehead atoms. The number of unbranched alkanes of at least 4 members (excludes halogenated alkanes) is 1. The van der Waals surface area contributed by atoms with Gasteiger partial charge in [0.25, 0.3) is 0 Å². The molecule has 84 valence electrons.